The molecule has 0 aliphatic carbocycles. The van der Waals surface area contributed by atoms with E-state index in [0.29, 0.717) is 32.2 Å². The van der Waals surface area contributed by atoms with Crippen molar-refractivity contribution in [3.63, 3.8) is 0 Å². The maximum absolute atomic E-state index is 14.1. The second-order valence-corrected chi connectivity index (χ2v) is 13.3. The van der Waals surface area contributed by atoms with Gasteiger partial charge in [-0.05, 0) is 75.2 Å². The molecule has 0 bridgehead atoms. The molecule has 0 saturated heterocycles. The number of sulfonamides is 1. The molecule has 1 atom stereocenters. The molecule has 1 N–H and O–H groups in total. The minimum atomic E-state index is -4.15. The summed E-state index contributed by atoms with van der Waals surface area (Å²) in [5.41, 5.74) is 1.77. The third-order valence-electron chi connectivity index (χ3n) is 6.16. The van der Waals surface area contributed by atoms with Gasteiger partial charge >= 0.3 is 0 Å². The first-order valence-corrected chi connectivity index (χ1v) is 15.7. The van der Waals surface area contributed by atoms with E-state index in [0.717, 1.165) is 9.87 Å². The molecule has 3 aromatic rings. The first kappa shape index (κ1) is 31.9. The van der Waals surface area contributed by atoms with E-state index >= 15 is 0 Å². The number of amides is 2. The molecule has 3 rings (SSSR count). The second kappa shape index (κ2) is 13.9. The fraction of sp³-hybridized carbons (Fsp3) is 0.310. The van der Waals surface area contributed by atoms with Crippen molar-refractivity contribution >= 4 is 66.7 Å². The van der Waals surface area contributed by atoms with E-state index in [1.54, 1.807) is 61.5 Å². The number of carbonyl (C=O) groups excluding carboxylic acids is 2. The summed E-state index contributed by atoms with van der Waals surface area (Å²) in [6, 6.07) is 17.0. The normalized spacial score (nSPS) is 12.2. The summed E-state index contributed by atoms with van der Waals surface area (Å²) in [7, 11) is -4.15. The van der Waals surface area contributed by atoms with Gasteiger partial charge in [-0.1, -0.05) is 75.9 Å². The highest BCUT2D eigenvalue weighted by atomic mass is 79.9. The van der Waals surface area contributed by atoms with Gasteiger partial charge in [-0.3, -0.25) is 13.9 Å². The number of benzene rings is 3. The van der Waals surface area contributed by atoms with Gasteiger partial charge in [0.1, 0.15) is 12.6 Å². The Labute approximate surface area is 254 Å². The number of anilines is 1. The third kappa shape index (κ3) is 8.00. The molecule has 40 heavy (non-hydrogen) atoms. The van der Waals surface area contributed by atoms with Crippen LogP contribution >= 0.6 is 39.1 Å². The molecule has 0 radical (unpaired) electrons. The fourth-order valence-electron chi connectivity index (χ4n) is 4.13. The molecule has 0 heterocycles. The second-order valence-electron chi connectivity index (χ2n) is 9.65. The minimum absolute atomic E-state index is 0.0181. The van der Waals surface area contributed by atoms with Gasteiger partial charge in [0.2, 0.25) is 11.8 Å². The zero-order chi connectivity index (χ0) is 29.6. The van der Waals surface area contributed by atoms with Crippen molar-refractivity contribution in [3.05, 3.63) is 92.4 Å². The molecule has 0 spiro atoms. The van der Waals surface area contributed by atoms with Crippen LogP contribution in [-0.4, -0.2) is 43.8 Å². The van der Waals surface area contributed by atoms with Crippen LogP contribution in [0.25, 0.3) is 0 Å². The molecule has 7 nitrogen and oxygen atoms in total. The Kier molecular flexibility index (Phi) is 11.1. The molecular formula is C29H32BrCl2N3O4S. The maximum Gasteiger partial charge on any atom is 0.264 e. The molecule has 3 aromatic carbocycles. The Morgan fingerprint density at radius 3 is 2.25 bits per heavy atom. The first-order valence-electron chi connectivity index (χ1n) is 12.7. The highest BCUT2D eigenvalue weighted by Crippen LogP contribution is 2.28. The number of aryl methyl sites for hydroxylation is 1. The van der Waals surface area contributed by atoms with Gasteiger partial charge in [0, 0.05) is 27.1 Å². The number of carbonyl (C=O) groups is 2. The number of hydrogen-bond donors (Lipinski definition) is 1. The SMILES string of the molecule is CC[C@H](C(=O)NC(C)C)N(Cc1ccc(Cl)cc1Cl)C(=O)CN(c1cccc(Br)c1)S(=O)(=O)c1ccc(C)cc1. The van der Waals surface area contributed by atoms with E-state index in [4.69, 9.17) is 23.2 Å². The molecule has 0 aliphatic rings. The summed E-state index contributed by atoms with van der Waals surface area (Å²) in [6.07, 6.45) is 0.303. The molecule has 2 amide bonds. The number of hydrogen-bond acceptors (Lipinski definition) is 4. The average Bonchev–Trinajstić information content (AvgIpc) is 2.88. The van der Waals surface area contributed by atoms with Crippen LogP contribution in [0.2, 0.25) is 10.0 Å². The monoisotopic (exact) mass is 667 g/mol. The highest BCUT2D eigenvalue weighted by Gasteiger charge is 2.34. The summed E-state index contributed by atoms with van der Waals surface area (Å²) in [5.74, 6) is -0.904. The predicted molar refractivity (Wildman–Crippen MR) is 164 cm³/mol. The lowest BCUT2D eigenvalue weighted by Crippen LogP contribution is -2.53. The van der Waals surface area contributed by atoms with Gasteiger partial charge in [-0.25, -0.2) is 8.42 Å². The smallest absolute Gasteiger partial charge is 0.264 e. The molecule has 0 saturated carbocycles. The molecule has 11 heteroatoms. The van der Waals surface area contributed by atoms with Crippen molar-refractivity contribution in [1.29, 1.82) is 0 Å². The zero-order valence-corrected chi connectivity index (χ0v) is 26.6. The summed E-state index contributed by atoms with van der Waals surface area (Å²) >= 11 is 15.9. The Morgan fingerprint density at radius 1 is 1.00 bits per heavy atom. The molecule has 214 valence electrons. The molecular weight excluding hydrogens is 637 g/mol. The lowest BCUT2D eigenvalue weighted by Gasteiger charge is -2.33. The lowest BCUT2D eigenvalue weighted by atomic mass is 10.1. The molecule has 0 aliphatic heterocycles. The van der Waals surface area contributed by atoms with E-state index < -0.39 is 28.5 Å². The van der Waals surface area contributed by atoms with Crippen LogP contribution in [0.3, 0.4) is 0 Å². The van der Waals surface area contributed by atoms with Crippen LogP contribution < -0.4 is 9.62 Å². The Hall–Kier alpha value is -2.59. The number of nitrogens with zero attached hydrogens (tertiary/aromatic N) is 2. The number of nitrogens with one attached hydrogen (secondary N) is 1. The maximum atomic E-state index is 14.1. The van der Waals surface area contributed by atoms with E-state index in [9.17, 15) is 18.0 Å². The van der Waals surface area contributed by atoms with Crippen LogP contribution in [0.4, 0.5) is 5.69 Å². The van der Waals surface area contributed by atoms with Crippen LogP contribution in [0.5, 0.6) is 0 Å². The highest BCUT2D eigenvalue weighted by molar-refractivity contribution is 9.10. The van der Waals surface area contributed by atoms with Gasteiger partial charge < -0.3 is 10.2 Å². The van der Waals surface area contributed by atoms with Gasteiger partial charge in [-0.15, -0.1) is 0 Å². The van der Waals surface area contributed by atoms with Crippen molar-refractivity contribution in [2.24, 2.45) is 0 Å². The fourth-order valence-corrected chi connectivity index (χ4v) is 6.39. The van der Waals surface area contributed by atoms with E-state index in [-0.39, 0.29) is 23.4 Å². The Balaban J connectivity index is 2.09. The minimum Gasteiger partial charge on any atom is -0.352 e. The summed E-state index contributed by atoms with van der Waals surface area (Å²) in [6.45, 7) is 6.76. The third-order valence-corrected chi connectivity index (χ3v) is 9.02. The average molecular weight is 669 g/mol. The standard InChI is InChI=1S/C29H32BrCl2N3O4S/c1-5-27(29(37)33-19(2)3)34(17-21-11-12-23(31)16-26(21)32)28(36)18-35(24-8-6-7-22(30)15-24)40(38,39)25-13-9-20(4)10-14-25/h6-16,19,27H,5,17-18H2,1-4H3,(H,33,37)/t27-/m1/s1. The van der Waals surface area contributed by atoms with E-state index in [2.05, 4.69) is 21.2 Å². The van der Waals surface area contributed by atoms with Gasteiger partial charge in [0.15, 0.2) is 0 Å². The van der Waals surface area contributed by atoms with Crippen molar-refractivity contribution in [2.45, 2.75) is 57.6 Å². The van der Waals surface area contributed by atoms with Gasteiger partial charge in [0.05, 0.1) is 10.6 Å². The van der Waals surface area contributed by atoms with Crippen LogP contribution in [-0.2, 0) is 26.2 Å². The molecule has 0 aromatic heterocycles. The first-order chi connectivity index (χ1) is 18.8. The Morgan fingerprint density at radius 2 is 1.68 bits per heavy atom. The van der Waals surface area contributed by atoms with Crippen molar-refractivity contribution < 1.29 is 18.0 Å². The zero-order valence-electron chi connectivity index (χ0n) is 22.7. The number of rotatable bonds is 11. The van der Waals surface area contributed by atoms with Crippen molar-refractivity contribution in [1.82, 2.24) is 10.2 Å². The van der Waals surface area contributed by atoms with Crippen molar-refractivity contribution in [2.75, 3.05) is 10.8 Å². The largest absolute Gasteiger partial charge is 0.352 e. The quantitative estimate of drug-likeness (QED) is 0.250. The van der Waals surface area contributed by atoms with E-state index in [1.807, 2.05) is 20.8 Å². The summed E-state index contributed by atoms with van der Waals surface area (Å²) < 4.78 is 29.5. The summed E-state index contributed by atoms with van der Waals surface area (Å²) in [5, 5.41) is 3.63. The van der Waals surface area contributed by atoms with Crippen LogP contribution in [0.1, 0.15) is 38.3 Å². The molecule has 0 fully saturated rings. The van der Waals surface area contributed by atoms with Gasteiger partial charge in [0.25, 0.3) is 10.0 Å². The molecule has 0 unspecified atom stereocenters. The Bertz CT molecular complexity index is 1470. The van der Waals surface area contributed by atoms with Crippen LogP contribution in [0.15, 0.2) is 76.1 Å². The lowest BCUT2D eigenvalue weighted by molar-refractivity contribution is -0.140. The van der Waals surface area contributed by atoms with Crippen molar-refractivity contribution in [3.8, 4) is 0 Å². The predicted octanol–water partition coefficient (Wildman–Crippen LogP) is 6.59. The number of halogens is 3. The van der Waals surface area contributed by atoms with E-state index in [1.165, 1.54) is 17.0 Å². The van der Waals surface area contributed by atoms with Crippen LogP contribution in [0, 0.1) is 6.92 Å². The summed E-state index contributed by atoms with van der Waals surface area (Å²) in [4.78, 5) is 28.7. The van der Waals surface area contributed by atoms with Gasteiger partial charge in [-0.2, -0.15) is 0 Å². The topological polar surface area (TPSA) is 86.8 Å².